The lowest BCUT2D eigenvalue weighted by molar-refractivity contribution is 0.475. The predicted octanol–water partition coefficient (Wildman–Crippen LogP) is 4.10. The Labute approximate surface area is 136 Å². The van der Waals surface area contributed by atoms with Crippen molar-refractivity contribution in [2.45, 2.75) is 20.3 Å². The summed E-state index contributed by atoms with van der Waals surface area (Å²) in [6.07, 6.45) is 0.831. The molecule has 0 saturated carbocycles. The maximum absolute atomic E-state index is 9.49. The molecule has 0 spiro atoms. The minimum atomic E-state index is 0.0588. The normalized spacial score (nSPS) is 10.6. The van der Waals surface area contributed by atoms with Gasteiger partial charge in [0.2, 0.25) is 0 Å². The van der Waals surface area contributed by atoms with E-state index in [1.165, 1.54) is 0 Å². The first-order chi connectivity index (χ1) is 9.56. The monoisotopic (exact) mass is 403 g/mol. The van der Waals surface area contributed by atoms with Crippen LogP contribution in [0.5, 0.6) is 5.75 Å². The van der Waals surface area contributed by atoms with Crippen molar-refractivity contribution in [3.63, 3.8) is 0 Å². The molecule has 0 bridgehead atoms. The van der Waals surface area contributed by atoms with E-state index in [-0.39, 0.29) is 5.75 Å². The van der Waals surface area contributed by atoms with E-state index >= 15 is 0 Å². The fraction of sp³-hybridized carbons (Fsp3) is 0.286. The predicted molar refractivity (Wildman–Crippen MR) is 90.4 cm³/mol. The van der Waals surface area contributed by atoms with Crippen LogP contribution < -0.4 is 5.32 Å². The lowest BCUT2D eigenvalue weighted by Crippen LogP contribution is -2.07. The number of aromatic hydroxyl groups is 1. The van der Waals surface area contributed by atoms with E-state index in [9.17, 15) is 5.11 Å². The van der Waals surface area contributed by atoms with Crippen LogP contribution in [0, 0.1) is 3.57 Å². The quantitative estimate of drug-likeness (QED) is 0.755. The number of nitrogens with one attached hydrogen (secondary N) is 1. The van der Waals surface area contributed by atoms with Crippen LogP contribution in [0.25, 0.3) is 11.4 Å². The van der Waals surface area contributed by atoms with Crippen LogP contribution in [-0.4, -0.2) is 21.6 Å². The number of rotatable bonds is 4. The molecule has 1 heterocycles. The van der Waals surface area contributed by atoms with Crippen molar-refractivity contribution in [3.05, 3.63) is 32.5 Å². The van der Waals surface area contributed by atoms with Gasteiger partial charge in [0.1, 0.15) is 11.6 Å². The van der Waals surface area contributed by atoms with E-state index in [4.69, 9.17) is 11.6 Å². The van der Waals surface area contributed by atoms with Crippen LogP contribution in [0.15, 0.2) is 18.2 Å². The molecule has 0 aliphatic rings. The number of hydrogen-bond acceptors (Lipinski definition) is 4. The summed E-state index contributed by atoms with van der Waals surface area (Å²) < 4.78 is 1.04. The summed E-state index contributed by atoms with van der Waals surface area (Å²) in [6.45, 7) is 4.89. The Morgan fingerprint density at radius 2 is 2.05 bits per heavy atom. The van der Waals surface area contributed by atoms with Gasteiger partial charge in [-0.2, -0.15) is 0 Å². The van der Waals surface area contributed by atoms with Crippen molar-refractivity contribution >= 4 is 40.0 Å². The second-order valence-corrected chi connectivity index (χ2v) is 5.69. The van der Waals surface area contributed by atoms with Crippen molar-refractivity contribution in [1.29, 1.82) is 0 Å². The molecular formula is C14H15ClIN3O. The number of aromatic nitrogens is 2. The summed E-state index contributed by atoms with van der Waals surface area (Å²) >= 11 is 8.21. The van der Waals surface area contributed by atoms with Crippen LogP contribution in [0.4, 0.5) is 5.82 Å². The van der Waals surface area contributed by atoms with Gasteiger partial charge in [-0.3, -0.25) is 0 Å². The molecule has 4 nitrogen and oxygen atoms in total. The molecule has 0 saturated heterocycles. The van der Waals surface area contributed by atoms with E-state index in [2.05, 4.69) is 44.8 Å². The van der Waals surface area contributed by atoms with Crippen molar-refractivity contribution < 1.29 is 5.11 Å². The highest BCUT2D eigenvalue weighted by molar-refractivity contribution is 14.1. The van der Waals surface area contributed by atoms with Gasteiger partial charge >= 0.3 is 0 Å². The molecule has 20 heavy (non-hydrogen) atoms. The van der Waals surface area contributed by atoms with E-state index in [1.54, 1.807) is 18.2 Å². The van der Waals surface area contributed by atoms with Gasteiger partial charge < -0.3 is 10.4 Å². The maximum atomic E-state index is 9.49. The Hall–Kier alpha value is -1.08. The molecule has 0 aliphatic carbocycles. The Kier molecular flexibility index (Phi) is 5.04. The summed E-state index contributed by atoms with van der Waals surface area (Å²) in [6, 6.07) is 4.99. The number of hydrogen-bond donors (Lipinski definition) is 2. The van der Waals surface area contributed by atoms with Crippen molar-refractivity contribution in [2.75, 3.05) is 11.9 Å². The summed E-state index contributed by atoms with van der Waals surface area (Å²) in [7, 11) is 0. The zero-order chi connectivity index (χ0) is 14.7. The van der Waals surface area contributed by atoms with Gasteiger partial charge in [-0.1, -0.05) is 18.5 Å². The molecule has 0 aliphatic heterocycles. The smallest absolute Gasteiger partial charge is 0.161 e. The average molecular weight is 404 g/mol. The number of anilines is 1. The molecular weight excluding hydrogens is 389 g/mol. The maximum Gasteiger partial charge on any atom is 0.161 e. The second-order valence-electron chi connectivity index (χ2n) is 4.21. The second kappa shape index (κ2) is 6.58. The SMILES string of the molecule is CCNc1nc(-c2ccc(O)c(Cl)c2)nc(CC)c1I. The van der Waals surface area contributed by atoms with E-state index in [0.29, 0.717) is 10.8 Å². The van der Waals surface area contributed by atoms with Gasteiger partial charge in [-0.05, 0) is 54.1 Å². The molecule has 0 fully saturated rings. The fourth-order valence-corrected chi connectivity index (χ4v) is 2.78. The standard InChI is InChI=1S/C14H15ClIN3O/c1-3-10-12(16)14(17-4-2)19-13(18-10)8-5-6-11(20)9(15)7-8/h5-7,20H,3-4H2,1-2H3,(H,17,18,19). The highest BCUT2D eigenvalue weighted by Crippen LogP contribution is 2.30. The lowest BCUT2D eigenvalue weighted by atomic mass is 10.2. The largest absolute Gasteiger partial charge is 0.506 e. The zero-order valence-electron chi connectivity index (χ0n) is 11.2. The molecule has 2 aromatic rings. The van der Waals surface area contributed by atoms with Crippen LogP contribution in [0.1, 0.15) is 19.5 Å². The van der Waals surface area contributed by atoms with Gasteiger partial charge in [-0.25, -0.2) is 9.97 Å². The minimum absolute atomic E-state index is 0.0588. The Morgan fingerprint density at radius 1 is 1.30 bits per heavy atom. The minimum Gasteiger partial charge on any atom is -0.506 e. The third-order valence-electron chi connectivity index (χ3n) is 2.80. The van der Waals surface area contributed by atoms with Gasteiger partial charge in [-0.15, -0.1) is 0 Å². The van der Waals surface area contributed by atoms with Crippen molar-refractivity contribution in [1.82, 2.24) is 9.97 Å². The van der Waals surface area contributed by atoms with Crippen LogP contribution in [0.3, 0.4) is 0 Å². The Balaban J connectivity index is 2.55. The zero-order valence-corrected chi connectivity index (χ0v) is 14.2. The Morgan fingerprint density at radius 3 is 2.65 bits per heavy atom. The number of aryl methyl sites for hydroxylation is 1. The van der Waals surface area contributed by atoms with Crippen molar-refractivity contribution in [3.8, 4) is 17.1 Å². The third-order valence-corrected chi connectivity index (χ3v) is 4.24. The van der Waals surface area contributed by atoms with Crippen molar-refractivity contribution in [2.24, 2.45) is 0 Å². The lowest BCUT2D eigenvalue weighted by Gasteiger charge is -2.11. The first-order valence-electron chi connectivity index (χ1n) is 6.36. The molecule has 1 aromatic heterocycles. The number of phenolic OH excluding ortho intramolecular Hbond substituents is 1. The number of benzene rings is 1. The van der Waals surface area contributed by atoms with Gasteiger partial charge in [0.25, 0.3) is 0 Å². The van der Waals surface area contributed by atoms with E-state index < -0.39 is 0 Å². The van der Waals surface area contributed by atoms with Gasteiger partial charge in [0.05, 0.1) is 14.3 Å². The molecule has 2 N–H and O–H groups in total. The molecule has 1 aromatic carbocycles. The number of nitrogens with zero attached hydrogens (tertiary/aromatic N) is 2. The molecule has 0 atom stereocenters. The van der Waals surface area contributed by atoms with Gasteiger partial charge in [0.15, 0.2) is 5.82 Å². The summed E-state index contributed by atoms with van der Waals surface area (Å²) in [4.78, 5) is 9.12. The average Bonchev–Trinajstić information content (AvgIpc) is 2.44. The number of halogens is 2. The molecule has 0 amide bonds. The van der Waals surface area contributed by atoms with Gasteiger partial charge in [0, 0.05) is 12.1 Å². The summed E-state index contributed by atoms with van der Waals surface area (Å²) in [5.74, 6) is 1.50. The van der Waals surface area contributed by atoms with Crippen LogP contribution in [0.2, 0.25) is 5.02 Å². The molecule has 2 rings (SSSR count). The Bertz CT molecular complexity index is 634. The fourth-order valence-electron chi connectivity index (χ4n) is 1.79. The highest BCUT2D eigenvalue weighted by Gasteiger charge is 2.12. The molecule has 0 radical (unpaired) electrons. The molecule has 106 valence electrons. The topological polar surface area (TPSA) is 58.0 Å². The highest BCUT2D eigenvalue weighted by atomic mass is 127. The first kappa shape index (κ1) is 15.3. The van der Waals surface area contributed by atoms with Crippen LogP contribution in [-0.2, 0) is 6.42 Å². The third kappa shape index (κ3) is 3.15. The number of phenols is 1. The summed E-state index contributed by atoms with van der Waals surface area (Å²) in [5.41, 5.74) is 1.79. The summed E-state index contributed by atoms with van der Waals surface area (Å²) in [5, 5.41) is 13.0. The van der Waals surface area contributed by atoms with E-state index in [0.717, 1.165) is 33.6 Å². The van der Waals surface area contributed by atoms with E-state index in [1.807, 2.05) is 6.92 Å². The first-order valence-corrected chi connectivity index (χ1v) is 7.81. The van der Waals surface area contributed by atoms with Crippen LogP contribution >= 0.6 is 34.2 Å². The molecule has 6 heteroatoms. The molecule has 0 unspecified atom stereocenters.